The maximum atomic E-state index is 13.9. The first-order valence-corrected chi connectivity index (χ1v) is 15.4. The molecule has 0 amide bonds. The lowest BCUT2D eigenvalue weighted by molar-refractivity contribution is 0.0978. The van der Waals surface area contributed by atoms with Crippen molar-refractivity contribution in [2.24, 2.45) is 0 Å². The number of sulfone groups is 1. The van der Waals surface area contributed by atoms with Gasteiger partial charge in [-0.1, -0.05) is 48.5 Å². The Bertz CT molecular complexity index is 2080. The van der Waals surface area contributed by atoms with Crippen LogP contribution in [-0.4, -0.2) is 50.8 Å². The molecule has 0 radical (unpaired) electrons. The standard InChI is InChI=1S/C29H18N2O9S2/c1-41(36,37)18-10-16(20-22(24(18)30)28(34)14-8-4-2-6-12(14)26(20)32)17-11-19(42(38,39)40)25(31)23-21(17)27(33)13-7-3-5-9-15(13)29(23)35/h2-11H,30-31H2,1H3,(H,38,39,40)/p-1. The summed E-state index contributed by atoms with van der Waals surface area (Å²) in [5.41, 5.74) is 7.78. The van der Waals surface area contributed by atoms with Crippen molar-refractivity contribution in [3.8, 4) is 11.1 Å². The summed E-state index contributed by atoms with van der Waals surface area (Å²) in [5, 5.41) is 0. The third kappa shape index (κ3) is 3.67. The highest BCUT2D eigenvalue weighted by Crippen LogP contribution is 2.46. The number of carbonyl (C=O) groups excluding carboxylic acids is 4. The van der Waals surface area contributed by atoms with E-state index in [2.05, 4.69) is 0 Å². The third-order valence-electron chi connectivity index (χ3n) is 7.36. The Morgan fingerprint density at radius 3 is 1.17 bits per heavy atom. The number of carbonyl (C=O) groups is 4. The monoisotopic (exact) mass is 601 g/mol. The van der Waals surface area contributed by atoms with Crippen LogP contribution in [0.15, 0.2) is 70.5 Å². The number of anilines is 2. The summed E-state index contributed by atoms with van der Waals surface area (Å²) in [4.78, 5) is 53.4. The van der Waals surface area contributed by atoms with Gasteiger partial charge in [0.15, 0.2) is 33.0 Å². The Morgan fingerprint density at radius 2 is 0.833 bits per heavy atom. The van der Waals surface area contributed by atoms with Gasteiger partial charge in [0.1, 0.15) is 10.1 Å². The molecule has 0 saturated carbocycles. The number of nitrogen functional groups attached to an aromatic ring is 2. The molecule has 2 aliphatic carbocycles. The molecule has 0 atom stereocenters. The molecule has 6 rings (SSSR count). The summed E-state index contributed by atoms with van der Waals surface area (Å²) < 4.78 is 62.7. The quantitative estimate of drug-likeness (QED) is 0.222. The van der Waals surface area contributed by atoms with Crippen LogP contribution in [0, 0.1) is 0 Å². The minimum atomic E-state index is -5.39. The summed E-state index contributed by atoms with van der Waals surface area (Å²) in [6.07, 6.45) is 0.800. The van der Waals surface area contributed by atoms with Crippen molar-refractivity contribution in [2.45, 2.75) is 9.79 Å². The lowest BCUT2D eigenvalue weighted by Gasteiger charge is -2.27. The predicted molar refractivity (Wildman–Crippen MR) is 148 cm³/mol. The molecular formula is C29H17N2O9S2-. The van der Waals surface area contributed by atoms with E-state index in [1.165, 1.54) is 48.5 Å². The summed E-state index contributed by atoms with van der Waals surface area (Å²) in [7, 11) is -9.59. The van der Waals surface area contributed by atoms with Crippen molar-refractivity contribution >= 4 is 54.5 Å². The third-order valence-corrected chi connectivity index (χ3v) is 9.37. The molecule has 2 aliphatic rings. The van der Waals surface area contributed by atoms with E-state index < -0.39 is 97.6 Å². The summed E-state index contributed by atoms with van der Waals surface area (Å²) in [6, 6.07) is 13.0. The maximum Gasteiger partial charge on any atom is 0.196 e. The van der Waals surface area contributed by atoms with Gasteiger partial charge < -0.3 is 16.0 Å². The van der Waals surface area contributed by atoms with Gasteiger partial charge in [-0.15, -0.1) is 0 Å². The molecule has 11 nitrogen and oxygen atoms in total. The predicted octanol–water partition coefficient (Wildman–Crippen LogP) is 2.38. The largest absolute Gasteiger partial charge is 0.744 e. The molecule has 4 N–H and O–H groups in total. The number of ketones is 4. The first kappa shape index (κ1) is 27.2. The van der Waals surface area contributed by atoms with Crippen LogP contribution in [0.25, 0.3) is 11.1 Å². The van der Waals surface area contributed by atoms with E-state index >= 15 is 0 Å². The SMILES string of the molecule is CS(=O)(=O)c1cc(-c2cc(S(=O)(=O)[O-])c(N)c3c2C(=O)c2ccccc2C3=O)c2c(c1N)C(=O)c1ccccc1C2=O. The van der Waals surface area contributed by atoms with Gasteiger partial charge in [0.25, 0.3) is 0 Å². The second kappa shape index (κ2) is 8.76. The molecule has 4 aromatic carbocycles. The van der Waals surface area contributed by atoms with Crippen LogP contribution in [0.1, 0.15) is 63.7 Å². The van der Waals surface area contributed by atoms with Crippen molar-refractivity contribution in [3.63, 3.8) is 0 Å². The van der Waals surface area contributed by atoms with E-state index in [4.69, 9.17) is 11.5 Å². The fraction of sp³-hybridized carbons (Fsp3) is 0.0345. The maximum absolute atomic E-state index is 13.9. The van der Waals surface area contributed by atoms with Gasteiger partial charge in [0, 0.05) is 39.6 Å². The molecule has 0 fully saturated rings. The van der Waals surface area contributed by atoms with Gasteiger partial charge in [-0.05, 0) is 23.3 Å². The Kier molecular flexibility index (Phi) is 5.67. The second-order valence-corrected chi connectivity index (χ2v) is 13.1. The van der Waals surface area contributed by atoms with E-state index in [0.717, 1.165) is 12.3 Å². The number of rotatable bonds is 3. The van der Waals surface area contributed by atoms with Crippen LogP contribution in [-0.2, 0) is 20.0 Å². The summed E-state index contributed by atoms with van der Waals surface area (Å²) in [5.74, 6) is -3.25. The summed E-state index contributed by atoms with van der Waals surface area (Å²) in [6.45, 7) is 0. The van der Waals surface area contributed by atoms with Crippen LogP contribution < -0.4 is 11.5 Å². The van der Waals surface area contributed by atoms with Gasteiger partial charge >= 0.3 is 0 Å². The van der Waals surface area contributed by atoms with Gasteiger partial charge in [0.2, 0.25) is 0 Å². The zero-order valence-electron chi connectivity index (χ0n) is 21.4. The highest BCUT2D eigenvalue weighted by molar-refractivity contribution is 7.90. The molecule has 0 aromatic heterocycles. The molecule has 0 saturated heterocycles. The van der Waals surface area contributed by atoms with Crippen molar-refractivity contribution in [3.05, 3.63) is 105 Å². The summed E-state index contributed by atoms with van der Waals surface area (Å²) >= 11 is 0. The fourth-order valence-electron chi connectivity index (χ4n) is 5.53. The number of benzene rings is 4. The molecule has 4 aromatic rings. The smallest absolute Gasteiger partial charge is 0.196 e. The van der Waals surface area contributed by atoms with E-state index in [-0.39, 0.29) is 22.3 Å². The Balaban J connectivity index is 1.85. The molecule has 0 bridgehead atoms. The molecule has 42 heavy (non-hydrogen) atoms. The minimum absolute atomic E-state index is 0.0550. The van der Waals surface area contributed by atoms with Crippen molar-refractivity contribution in [2.75, 3.05) is 17.7 Å². The van der Waals surface area contributed by atoms with Crippen LogP contribution in [0.5, 0.6) is 0 Å². The van der Waals surface area contributed by atoms with E-state index in [0.29, 0.717) is 6.07 Å². The Morgan fingerprint density at radius 1 is 0.524 bits per heavy atom. The molecule has 0 aliphatic heterocycles. The Labute approximate surface area is 238 Å². The molecule has 13 heteroatoms. The number of fused-ring (bicyclic) bond motifs is 4. The van der Waals surface area contributed by atoms with Crippen LogP contribution in [0.2, 0.25) is 0 Å². The topological polar surface area (TPSA) is 212 Å². The normalized spacial score (nSPS) is 14.2. The van der Waals surface area contributed by atoms with Crippen LogP contribution >= 0.6 is 0 Å². The molecule has 0 heterocycles. The van der Waals surface area contributed by atoms with Crippen molar-refractivity contribution in [1.82, 2.24) is 0 Å². The number of nitrogens with two attached hydrogens (primary N) is 2. The minimum Gasteiger partial charge on any atom is -0.744 e. The van der Waals surface area contributed by atoms with Crippen molar-refractivity contribution < 1.29 is 40.6 Å². The highest BCUT2D eigenvalue weighted by atomic mass is 32.2. The number of hydrogen-bond acceptors (Lipinski definition) is 11. The second-order valence-electron chi connectivity index (χ2n) is 9.81. The van der Waals surface area contributed by atoms with Gasteiger partial charge in [-0.3, -0.25) is 19.2 Å². The number of hydrogen-bond donors (Lipinski definition) is 2. The molecule has 0 spiro atoms. The Hall–Kier alpha value is -4.98. The van der Waals surface area contributed by atoms with Crippen molar-refractivity contribution in [1.29, 1.82) is 0 Å². The zero-order valence-corrected chi connectivity index (χ0v) is 23.1. The lowest BCUT2D eigenvalue weighted by Crippen LogP contribution is -2.27. The molecule has 210 valence electrons. The average molecular weight is 602 g/mol. The van der Waals surface area contributed by atoms with E-state index in [9.17, 15) is 40.6 Å². The van der Waals surface area contributed by atoms with Gasteiger partial charge in [0.05, 0.1) is 32.3 Å². The van der Waals surface area contributed by atoms with E-state index in [1.54, 1.807) is 0 Å². The molecular weight excluding hydrogens is 584 g/mol. The zero-order chi connectivity index (χ0) is 30.5. The highest BCUT2D eigenvalue weighted by Gasteiger charge is 2.40. The lowest BCUT2D eigenvalue weighted by atomic mass is 9.75. The van der Waals surface area contributed by atoms with Crippen LogP contribution in [0.4, 0.5) is 11.4 Å². The fourth-order valence-corrected chi connectivity index (χ4v) is 6.99. The van der Waals surface area contributed by atoms with Gasteiger partial charge in [-0.25, -0.2) is 16.8 Å². The van der Waals surface area contributed by atoms with E-state index in [1.807, 2.05) is 0 Å². The van der Waals surface area contributed by atoms with Gasteiger partial charge in [-0.2, -0.15) is 0 Å². The first-order chi connectivity index (χ1) is 19.6. The first-order valence-electron chi connectivity index (χ1n) is 12.1. The average Bonchev–Trinajstić information content (AvgIpc) is 2.93. The molecule has 0 unspecified atom stereocenters. The van der Waals surface area contributed by atoms with Crippen LogP contribution in [0.3, 0.4) is 0 Å².